The molecule has 0 saturated heterocycles. The van der Waals surface area contributed by atoms with E-state index in [4.69, 9.17) is 9.84 Å². The second kappa shape index (κ2) is 9.65. The van der Waals surface area contributed by atoms with Gasteiger partial charge in [-0.15, -0.1) is 0 Å². The van der Waals surface area contributed by atoms with Crippen LogP contribution >= 0.6 is 0 Å². The molecule has 2 aliphatic rings. The molecule has 1 unspecified atom stereocenters. The van der Waals surface area contributed by atoms with Crippen molar-refractivity contribution in [3.63, 3.8) is 0 Å². The zero-order valence-electron chi connectivity index (χ0n) is 18.9. The summed E-state index contributed by atoms with van der Waals surface area (Å²) >= 11 is 0. The van der Waals surface area contributed by atoms with E-state index in [0.29, 0.717) is 19.4 Å². The summed E-state index contributed by atoms with van der Waals surface area (Å²) in [4.78, 5) is 36.4. The molecule has 0 heterocycles. The number of carboxylic acid groups (broad SMARTS) is 1. The van der Waals surface area contributed by atoms with Crippen LogP contribution in [0, 0.1) is 17.8 Å². The first-order chi connectivity index (χ1) is 15.9. The first-order valence-corrected chi connectivity index (χ1v) is 11.5. The van der Waals surface area contributed by atoms with Gasteiger partial charge in [-0.3, -0.25) is 9.59 Å². The third kappa shape index (κ3) is 4.87. The fraction of sp³-hybridized carbons (Fsp3) is 0.423. The Morgan fingerprint density at radius 3 is 2.21 bits per heavy atom. The summed E-state index contributed by atoms with van der Waals surface area (Å²) in [5, 5.41) is 14.6. The van der Waals surface area contributed by atoms with Gasteiger partial charge >= 0.3 is 12.1 Å². The molecular formula is C26H30N2O5. The number of benzene rings is 2. The summed E-state index contributed by atoms with van der Waals surface area (Å²) in [7, 11) is 0. The number of hydrogen-bond donors (Lipinski definition) is 3. The van der Waals surface area contributed by atoms with E-state index in [0.717, 1.165) is 22.3 Å². The van der Waals surface area contributed by atoms with Crippen LogP contribution in [-0.4, -0.2) is 42.3 Å². The number of carbonyl (C=O) groups excluding carboxylic acids is 2. The number of carbonyl (C=O) groups is 3. The molecule has 2 aromatic rings. The van der Waals surface area contributed by atoms with Crippen LogP contribution in [0.15, 0.2) is 48.5 Å². The molecule has 4 atom stereocenters. The zero-order valence-corrected chi connectivity index (χ0v) is 18.9. The van der Waals surface area contributed by atoms with Gasteiger partial charge < -0.3 is 20.5 Å². The molecule has 0 bridgehead atoms. The highest BCUT2D eigenvalue weighted by atomic mass is 16.5. The molecule has 0 aliphatic heterocycles. The van der Waals surface area contributed by atoms with Crippen molar-refractivity contribution in [2.24, 2.45) is 17.8 Å². The van der Waals surface area contributed by atoms with E-state index >= 15 is 0 Å². The summed E-state index contributed by atoms with van der Waals surface area (Å²) in [6.45, 7) is 4.32. The molecule has 7 nitrogen and oxygen atoms in total. The average Bonchev–Trinajstić information content (AvgIpc) is 3.55. The lowest BCUT2D eigenvalue weighted by Crippen LogP contribution is -2.50. The maximum atomic E-state index is 12.7. The van der Waals surface area contributed by atoms with Crippen molar-refractivity contribution in [3.8, 4) is 11.1 Å². The highest BCUT2D eigenvalue weighted by Crippen LogP contribution is 2.44. The third-order valence-corrected chi connectivity index (χ3v) is 6.89. The summed E-state index contributed by atoms with van der Waals surface area (Å²) < 4.78 is 5.59. The van der Waals surface area contributed by atoms with Crippen molar-refractivity contribution in [1.82, 2.24) is 10.6 Å². The first-order valence-electron chi connectivity index (χ1n) is 11.5. The van der Waals surface area contributed by atoms with Crippen LogP contribution in [0.3, 0.4) is 0 Å². The number of rotatable bonds is 9. The molecular weight excluding hydrogens is 420 g/mol. The van der Waals surface area contributed by atoms with Crippen LogP contribution in [0.2, 0.25) is 0 Å². The van der Waals surface area contributed by atoms with E-state index in [1.807, 2.05) is 38.1 Å². The Hall–Kier alpha value is -3.35. The Morgan fingerprint density at radius 2 is 1.67 bits per heavy atom. The molecule has 33 heavy (non-hydrogen) atoms. The van der Waals surface area contributed by atoms with Gasteiger partial charge in [0.05, 0.1) is 5.92 Å². The van der Waals surface area contributed by atoms with E-state index in [-0.39, 0.29) is 36.2 Å². The molecule has 0 spiro atoms. The quantitative estimate of drug-likeness (QED) is 0.539. The molecule has 0 radical (unpaired) electrons. The average molecular weight is 451 g/mol. The second-order valence-corrected chi connectivity index (χ2v) is 9.02. The normalized spacial score (nSPS) is 20.2. The number of amides is 2. The Labute approximate surface area is 193 Å². The van der Waals surface area contributed by atoms with Crippen LogP contribution < -0.4 is 10.6 Å². The Balaban J connectivity index is 1.36. The van der Waals surface area contributed by atoms with Gasteiger partial charge in [0.1, 0.15) is 12.6 Å². The molecule has 1 fully saturated rings. The topological polar surface area (TPSA) is 105 Å². The number of carboxylic acids is 1. The van der Waals surface area contributed by atoms with Crippen LogP contribution in [-0.2, 0) is 14.3 Å². The molecule has 4 rings (SSSR count). The molecule has 174 valence electrons. The lowest BCUT2D eigenvalue weighted by Gasteiger charge is -2.24. The van der Waals surface area contributed by atoms with E-state index < -0.39 is 18.1 Å². The second-order valence-electron chi connectivity index (χ2n) is 9.02. The van der Waals surface area contributed by atoms with E-state index in [9.17, 15) is 14.4 Å². The minimum atomic E-state index is -0.829. The number of alkyl carbamates (subject to hydrolysis) is 1. The molecule has 7 heteroatoms. The fourth-order valence-corrected chi connectivity index (χ4v) is 4.59. The SMILES string of the molecule is CCC(C)[C@H](NC(=O)OCC1c2ccccc2-c2ccccc21)C(=O)NC[C@@H]1C[C@@H]1C(=O)O. The van der Waals surface area contributed by atoms with Crippen molar-refractivity contribution in [1.29, 1.82) is 0 Å². The molecule has 3 N–H and O–H groups in total. The highest BCUT2D eigenvalue weighted by Gasteiger charge is 2.43. The standard InChI is InChI=1S/C26H30N2O5/c1-3-15(2)23(24(29)27-13-16-12-21(16)25(30)31)28-26(32)33-14-22-19-10-6-4-8-17(19)18-9-5-7-11-20(18)22/h4-11,15-16,21-23H,3,12-14H2,1-2H3,(H,27,29)(H,28,32)(H,30,31)/t15?,16-,21-,23-/m0/s1. The molecule has 2 aromatic carbocycles. The van der Waals surface area contributed by atoms with Crippen molar-refractivity contribution in [2.75, 3.05) is 13.2 Å². The zero-order chi connectivity index (χ0) is 23.5. The number of hydrogen-bond acceptors (Lipinski definition) is 4. The van der Waals surface area contributed by atoms with Gasteiger partial charge in [0.15, 0.2) is 0 Å². The molecule has 1 saturated carbocycles. The monoisotopic (exact) mass is 450 g/mol. The minimum Gasteiger partial charge on any atom is -0.481 e. The van der Waals surface area contributed by atoms with Gasteiger partial charge in [0.25, 0.3) is 0 Å². The van der Waals surface area contributed by atoms with Crippen molar-refractivity contribution >= 4 is 18.0 Å². The summed E-state index contributed by atoms with van der Waals surface area (Å²) in [6.07, 6.45) is 0.638. The number of aliphatic carboxylic acids is 1. The highest BCUT2D eigenvalue weighted by molar-refractivity contribution is 5.86. The predicted octanol–water partition coefficient (Wildman–Crippen LogP) is 3.78. The predicted molar refractivity (Wildman–Crippen MR) is 124 cm³/mol. The van der Waals surface area contributed by atoms with Gasteiger partial charge in [0.2, 0.25) is 5.91 Å². The van der Waals surface area contributed by atoms with Gasteiger partial charge in [-0.25, -0.2) is 4.79 Å². The Kier molecular flexibility index (Phi) is 6.67. The van der Waals surface area contributed by atoms with Gasteiger partial charge in [-0.05, 0) is 40.5 Å². The molecule has 2 amide bonds. The van der Waals surface area contributed by atoms with Crippen LogP contribution in [0.4, 0.5) is 4.79 Å². The van der Waals surface area contributed by atoms with Crippen molar-refractivity contribution in [3.05, 3.63) is 59.7 Å². The van der Waals surface area contributed by atoms with Crippen LogP contribution in [0.5, 0.6) is 0 Å². The Morgan fingerprint density at radius 1 is 1.06 bits per heavy atom. The van der Waals surface area contributed by atoms with E-state index in [2.05, 4.69) is 34.9 Å². The van der Waals surface area contributed by atoms with E-state index in [1.165, 1.54) is 0 Å². The van der Waals surface area contributed by atoms with E-state index in [1.54, 1.807) is 0 Å². The lowest BCUT2D eigenvalue weighted by atomic mass is 9.98. The summed E-state index contributed by atoms with van der Waals surface area (Å²) in [6, 6.07) is 15.5. The lowest BCUT2D eigenvalue weighted by molar-refractivity contribution is -0.139. The first kappa shape index (κ1) is 22.8. The number of nitrogens with one attached hydrogen (secondary N) is 2. The third-order valence-electron chi connectivity index (χ3n) is 6.89. The van der Waals surface area contributed by atoms with Gasteiger partial charge in [-0.1, -0.05) is 68.8 Å². The van der Waals surface area contributed by atoms with Crippen LogP contribution in [0.25, 0.3) is 11.1 Å². The maximum Gasteiger partial charge on any atom is 0.407 e. The summed E-state index contributed by atoms with van der Waals surface area (Å²) in [5.74, 6) is -1.72. The maximum absolute atomic E-state index is 12.7. The van der Waals surface area contributed by atoms with Crippen LogP contribution in [0.1, 0.15) is 43.7 Å². The van der Waals surface area contributed by atoms with Crippen molar-refractivity contribution in [2.45, 2.75) is 38.6 Å². The minimum absolute atomic E-state index is 0.0431. The smallest absolute Gasteiger partial charge is 0.407 e. The van der Waals surface area contributed by atoms with Gasteiger partial charge in [0, 0.05) is 12.5 Å². The number of fused-ring (bicyclic) bond motifs is 3. The largest absolute Gasteiger partial charge is 0.481 e. The summed E-state index contributed by atoms with van der Waals surface area (Å²) in [5.41, 5.74) is 4.55. The van der Waals surface area contributed by atoms with Crippen molar-refractivity contribution < 1.29 is 24.2 Å². The molecule has 2 aliphatic carbocycles. The molecule has 0 aromatic heterocycles. The Bertz CT molecular complexity index is 1010. The number of ether oxygens (including phenoxy) is 1. The van der Waals surface area contributed by atoms with Gasteiger partial charge in [-0.2, -0.15) is 0 Å². The fourth-order valence-electron chi connectivity index (χ4n) is 4.59.